The minimum atomic E-state index is -3.24. The number of piperazine rings is 1. The van der Waals surface area contributed by atoms with Gasteiger partial charge < -0.3 is 9.80 Å². The average Bonchev–Trinajstić information content (AvgIpc) is 3.17. The molecule has 8 heteroatoms. The zero-order valence-electron chi connectivity index (χ0n) is 14.5. The molecule has 1 fully saturated rings. The molecule has 6 nitrogen and oxygen atoms in total. The minimum absolute atomic E-state index is 0.112. The van der Waals surface area contributed by atoms with Crippen molar-refractivity contribution in [2.24, 2.45) is 0 Å². The van der Waals surface area contributed by atoms with Crippen LogP contribution in [-0.2, 0) is 9.84 Å². The van der Waals surface area contributed by atoms with Crippen LogP contribution < -0.4 is 9.80 Å². The summed E-state index contributed by atoms with van der Waals surface area (Å²) >= 11 is 1.62. The molecule has 0 N–H and O–H groups in total. The van der Waals surface area contributed by atoms with Crippen LogP contribution >= 0.6 is 11.3 Å². The molecule has 0 aliphatic carbocycles. The van der Waals surface area contributed by atoms with Gasteiger partial charge in [-0.2, -0.15) is 0 Å². The average molecular weight is 389 g/mol. The van der Waals surface area contributed by atoms with Gasteiger partial charge in [-0.15, -0.1) is 11.3 Å². The molecule has 1 saturated heterocycles. The Morgan fingerprint density at radius 1 is 1.04 bits per heavy atom. The summed E-state index contributed by atoms with van der Waals surface area (Å²) in [5.41, 5.74) is 0.803. The number of aromatic nitrogens is 2. The van der Waals surface area contributed by atoms with Crippen LogP contribution in [0.15, 0.2) is 46.9 Å². The molecule has 136 valence electrons. The fraction of sp³-hybridized carbons (Fsp3) is 0.333. The van der Waals surface area contributed by atoms with E-state index in [2.05, 4.69) is 25.8 Å². The van der Waals surface area contributed by atoms with Gasteiger partial charge in [0.15, 0.2) is 9.84 Å². The maximum atomic E-state index is 12.4. The first-order valence-electron chi connectivity index (χ1n) is 8.60. The lowest BCUT2D eigenvalue weighted by Gasteiger charge is -2.37. The Morgan fingerprint density at radius 2 is 1.77 bits per heavy atom. The number of anilines is 2. The van der Waals surface area contributed by atoms with Crippen LogP contribution in [0.2, 0.25) is 0 Å². The summed E-state index contributed by atoms with van der Waals surface area (Å²) in [4.78, 5) is 14.6. The number of hydrogen-bond donors (Lipinski definition) is 0. The highest BCUT2D eigenvalue weighted by Crippen LogP contribution is 2.30. The lowest BCUT2D eigenvalue weighted by atomic mass is 10.2. The molecule has 26 heavy (non-hydrogen) atoms. The molecule has 4 rings (SSSR count). The van der Waals surface area contributed by atoms with E-state index < -0.39 is 9.84 Å². The van der Waals surface area contributed by atoms with Crippen molar-refractivity contribution in [1.82, 2.24) is 9.97 Å². The van der Waals surface area contributed by atoms with Crippen LogP contribution in [-0.4, -0.2) is 50.3 Å². The van der Waals surface area contributed by atoms with Crippen molar-refractivity contribution in [2.75, 3.05) is 41.7 Å². The summed E-state index contributed by atoms with van der Waals surface area (Å²) in [7, 11) is -3.24. The molecule has 0 spiro atoms. The van der Waals surface area contributed by atoms with E-state index in [1.165, 1.54) is 0 Å². The van der Waals surface area contributed by atoms with Crippen LogP contribution in [0.5, 0.6) is 0 Å². The number of sulfone groups is 1. The van der Waals surface area contributed by atoms with Crippen molar-refractivity contribution in [1.29, 1.82) is 0 Å². The maximum Gasteiger partial charge on any atom is 0.180 e. The van der Waals surface area contributed by atoms with Gasteiger partial charge in [0.1, 0.15) is 17.0 Å². The first-order chi connectivity index (χ1) is 12.6. The minimum Gasteiger partial charge on any atom is -0.367 e. The standard InChI is InChI=1S/C18H20N4O2S2/c1-2-26(23,24)16-6-4-3-5-15(16)21-8-10-22(11-9-21)17-14-7-12-25-18(14)20-13-19-17/h3-7,12-13H,2,8-11H2,1H3. The molecule has 1 aromatic carbocycles. The van der Waals surface area contributed by atoms with Crippen LogP contribution in [0.3, 0.4) is 0 Å². The molecule has 0 radical (unpaired) electrons. The molecule has 0 saturated carbocycles. The topological polar surface area (TPSA) is 66.4 Å². The Bertz CT molecular complexity index is 1020. The van der Waals surface area contributed by atoms with Crippen LogP contribution in [0.1, 0.15) is 6.92 Å². The molecule has 1 aliphatic heterocycles. The van der Waals surface area contributed by atoms with Crippen LogP contribution in [0, 0.1) is 0 Å². The summed E-state index contributed by atoms with van der Waals surface area (Å²) < 4.78 is 24.8. The Balaban J connectivity index is 1.58. The first-order valence-corrected chi connectivity index (χ1v) is 11.1. The van der Waals surface area contributed by atoms with Gasteiger partial charge in [-0.05, 0) is 23.6 Å². The van der Waals surface area contributed by atoms with Gasteiger partial charge in [0, 0.05) is 26.2 Å². The fourth-order valence-electron chi connectivity index (χ4n) is 3.33. The Kier molecular flexibility index (Phi) is 4.54. The second-order valence-corrected chi connectivity index (χ2v) is 9.32. The number of hydrogen-bond acceptors (Lipinski definition) is 7. The largest absolute Gasteiger partial charge is 0.367 e. The molecule has 3 aromatic rings. The van der Waals surface area contributed by atoms with E-state index >= 15 is 0 Å². The van der Waals surface area contributed by atoms with Gasteiger partial charge in [0.25, 0.3) is 0 Å². The van der Waals surface area contributed by atoms with Crippen molar-refractivity contribution < 1.29 is 8.42 Å². The highest BCUT2D eigenvalue weighted by atomic mass is 32.2. The number of thiophene rings is 1. The molecular weight excluding hydrogens is 368 g/mol. The Morgan fingerprint density at radius 3 is 2.54 bits per heavy atom. The second-order valence-electron chi connectivity index (χ2n) is 6.18. The molecule has 0 atom stereocenters. The number of nitrogens with zero attached hydrogens (tertiary/aromatic N) is 4. The van der Waals surface area contributed by atoms with Gasteiger partial charge in [0.2, 0.25) is 0 Å². The van der Waals surface area contributed by atoms with Crippen molar-refractivity contribution in [3.05, 3.63) is 42.0 Å². The second kappa shape index (κ2) is 6.85. The molecular formula is C18H20N4O2S2. The van der Waals surface area contributed by atoms with E-state index in [-0.39, 0.29) is 5.75 Å². The number of fused-ring (bicyclic) bond motifs is 1. The molecule has 3 heterocycles. The smallest absolute Gasteiger partial charge is 0.180 e. The third kappa shape index (κ3) is 3.03. The van der Waals surface area contributed by atoms with Crippen molar-refractivity contribution in [3.8, 4) is 0 Å². The summed E-state index contributed by atoms with van der Waals surface area (Å²) in [5, 5.41) is 3.12. The lowest BCUT2D eigenvalue weighted by Crippen LogP contribution is -2.47. The molecule has 0 unspecified atom stereocenters. The van der Waals surface area contributed by atoms with E-state index in [9.17, 15) is 8.42 Å². The number of rotatable bonds is 4. The zero-order valence-corrected chi connectivity index (χ0v) is 16.1. The summed E-state index contributed by atoms with van der Waals surface area (Å²) in [6.45, 7) is 4.79. The van der Waals surface area contributed by atoms with Crippen molar-refractivity contribution in [3.63, 3.8) is 0 Å². The number of benzene rings is 1. The zero-order chi connectivity index (χ0) is 18.1. The number of para-hydroxylation sites is 1. The Labute approximate surface area is 157 Å². The summed E-state index contributed by atoms with van der Waals surface area (Å²) in [6.07, 6.45) is 1.61. The third-order valence-electron chi connectivity index (χ3n) is 4.74. The van der Waals surface area contributed by atoms with E-state index in [1.54, 1.807) is 36.7 Å². The monoisotopic (exact) mass is 388 g/mol. The van der Waals surface area contributed by atoms with Gasteiger partial charge in [-0.25, -0.2) is 18.4 Å². The summed E-state index contributed by atoms with van der Waals surface area (Å²) in [6, 6.07) is 9.36. The van der Waals surface area contributed by atoms with E-state index in [0.717, 1.165) is 47.9 Å². The molecule has 0 amide bonds. The van der Waals surface area contributed by atoms with Crippen molar-refractivity contribution >= 4 is 42.9 Å². The van der Waals surface area contributed by atoms with Gasteiger partial charge in [-0.3, -0.25) is 0 Å². The lowest BCUT2D eigenvalue weighted by molar-refractivity contribution is 0.595. The summed E-state index contributed by atoms with van der Waals surface area (Å²) in [5.74, 6) is 1.08. The van der Waals surface area contributed by atoms with Gasteiger partial charge in [-0.1, -0.05) is 19.1 Å². The fourth-order valence-corrected chi connectivity index (χ4v) is 5.17. The SMILES string of the molecule is CCS(=O)(=O)c1ccccc1N1CCN(c2ncnc3sccc23)CC1. The third-order valence-corrected chi connectivity index (χ3v) is 7.34. The molecule has 2 aromatic heterocycles. The quantitative estimate of drug-likeness (QED) is 0.685. The van der Waals surface area contributed by atoms with Crippen molar-refractivity contribution in [2.45, 2.75) is 11.8 Å². The highest BCUT2D eigenvalue weighted by Gasteiger charge is 2.24. The Hall–Kier alpha value is -2.19. The molecule has 0 bridgehead atoms. The maximum absolute atomic E-state index is 12.4. The molecule has 1 aliphatic rings. The normalized spacial score (nSPS) is 15.6. The predicted molar refractivity (Wildman–Crippen MR) is 106 cm³/mol. The van der Waals surface area contributed by atoms with E-state index in [1.807, 2.05) is 17.5 Å². The van der Waals surface area contributed by atoms with Gasteiger partial charge >= 0.3 is 0 Å². The highest BCUT2D eigenvalue weighted by molar-refractivity contribution is 7.91. The van der Waals surface area contributed by atoms with E-state index in [4.69, 9.17) is 0 Å². The first kappa shape index (κ1) is 17.2. The van der Waals surface area contributed by atoms with Crippen LogP contribution in [0.25, 0.3) is 10.2 Å². The predicted octanol–water partition coefficient (Wildman–Crippen LogP) is 2.81. The van der Waals surface area contributed by atoms with E-state index in [0.29, 0.717) is 4.90 Å². The van der Waals surface area contributed by atoms with Crippen LogP contribution in [0.4, 0.5) is 11.5 Å². The van der Waals surface area contributed by atoms with Gasteiger partial charge in [0.05, 0.1) is 21.7 Å².